The predicted octanol–water partition coefficient (Wildman–Crippen LogP) is 1.46. The Morgan fingerprint density at radius 2 is 1.78 bits per heavy atom. The van der Waals surface area contributed by atoms with Gasteiger partial charge in [0.05, 0.1) is 6.04 Å². The van der Waals surface area contributed by atoms with Gasteiger partial charge in [-0.2, -0.15) is 0 Å². The van der Waals surface area contributed by atoms with Crippen LogP contribution < -0.4 is 5.73 Å². The predicted molar refractivity (Wildman–Crippen MR) is 71.1 cm³/mol. The van der Waals surface area contributed by atoms with Crippen LogP contribution in [0.2, 0.25) is 0 Å². The standard InChI is InChI=1S/C13H26N2O3/c1-9(2)8-11(14)13(18)15(10(3)4)7-5-6-12(16)17/h9-11H,5-8,14H2,1-4H3,(H,16,17)/t11-/m0/s1. The van der Waals surface area contributed by atoms with Gasteiger partial charge in [0, 0.05) is 19.0 Å². The smallest absolute Gasteiger partial charge is 0.303 e. The number of carboxylic acid groups (broad SMARTS) is 1. The zero-order valence-electron chi connectivity index (χ0n) is 11.8. The lowest BCUT2D eigenvalue weighted by Gasteiger charge is -2.29. The molecule has 5 nitrogen and oxygen atoms in total. The summed E-state index contributed by atoms with van der Waals surface area (Å²) in [6.45, 7) is 8.34. The molecule has 0 rings (SSSR count). The lowest BCUT2D eigenvalue weighted by molar-refractivity contribution is -0.139. The summed E-state index contributed by atoms with van der Waals surface area (Å²) < 4.78 is 0. The number of amides is 1. The molecular formula is C13H26N2O3. The van der Waals surface area contributed by atoms with E-state index in [2.05, 4.69) is 0 Å². The lowest BCUT2D eigenvalue weighted by atomic mass is 10.0. The highest BCUT2D eigenvalue weighted by Crippen LogP contribution is 2.09. The Kier molecular flexibility index (Phi) is 7.59. The van der Waals surface area contributed by atoms with Gasteiger partial charge in [-0.15, -0.1) is 0 Å². The van der Waals surface area contributed by atoms with Gasteiger partial charge in [0.15, 0.2) is 0 Å². The Morgan fingerprint density at radius 3 is 2.17 bits per heavy atom. The van der Waals surface area contributed by atoms with Crippen molar-refractivity contribution >= 4 is 11.9 Å². The van der Waals surface area contributed by atoms with Crippen molar-refractivity contribution < 1.29 is 14.7 Å². The third kappa shape index (κ3) is 6.59. The third-order valence-corrected chi connectivity index (χ3v) is 2.74. The van der Waals surface area contributed by atoms with Gasteiger partial charge >= 0.3 is 5.97 Å². The van der Waals surface area contributed by atoms with Crippen molar-refractivity contribution in [3.8, 4) is 0 Å². The summed E-state index contributed by atoms with van der Waals surface area (Å²) in [5.74, 6) is -0.543. The summed E-state index contributed by atoms with van der Waals surface area (Å²) in [6.07, 6.45) is 1.20. The molecule has 0 fully saturated rings. The monoisotopic (exact) mass is 258 g/mol. The van der Waals surface area contributed by atoms with Crippen LogP contribution in [-0.2, 0) is 9.59 Å². The fourth-order valence-corrected chi connectivity index (χ4v) is 1.85. The molecule has 0 aromatic rings. The summed E-state index contributed by atoms with van der Waals surface area (Å²) >= 11 is 0. The van der Waals surface area contributed by atoms with Crippen LogP contribution in [0, 0.1) is 5.92 Å². The normalized spacial score (nSPS) is 12.8. The lowest BCUT2D eigenvalue weighted by Crippen LogP contribution is -2.47. The second kappa shape index (κ2) is 8.08. The molecule has 106 valence electrons. The minimum atomic E-state index is -0.836. The number of carbonyl (C=O) groups excluding carboxylic acids is 1. The van der Waals surface area contributed by atoms with E-state index in [0.29, 0.717) is 25.3 Å². The maximum Gasteiger partial charge on any atom is 0.303 e. The molecule has 0 spiro atoms. The Labute approximate surface area is 109 Å². The SMILES string of the molecule is CC(C)C[C@H](N)C(=O)N(CCCC(=O)O)C(C)C. The molecule has 18 heavy (non-hydrogen) atoms. The van der Waals surface area contributed by atoms with E-state index in [4.69, 9.17) is 10.8 Å². The van der Waals surface area contributed by atoms with Crippen molar-refractivity contribution in [1.82, 2.24) is 4.90 Å². The molecule has 0 aliphatic heterocycles. The minimum absolute atomic E-state index is 0.0458. The van der Waals surface area contributed by atoms with E-state index in [1.807, 2.05) is 27.7 Å². The highest BCUT2D eigenvalue weighted by Gasteiger charge is 2.23. The molecule has 0 aliphatic rings. The first-order chi connectivity index (χ1) is 8.25. The number of nitrogens with two attached hydrogens (primary N) is 1. The molecule has 0 saturated heterocycles. The fourth-order valence-electron chi connectivity index (χ4n) is 1.85. The van der Waals surface area contributed by atoms with E-state index in [1.165, 1.54) is 0 Å². The molecule has 1 amide bonds. The van der Waals surface area contributed by atoms with Gasteiger partial charge in [-0.25, -0.2) is 0 Å². The number of carboxylic acids is 1. The first-order valence-electron chi connectivity index (χ1n) is 6.53. The molecule has 0 unspecified atom stereocenters. The number of rotatable bonds is 8. The number of hydrogen-bond donors (Lipinski definition) is 2. The second-order valence-electron chi connectivity index (χ2n) is 5.36. The van der Waals surface area contributed by atoms with Crippen LogP contribution >= 0.6 is 0 Å². The van der Waals surface area contributed by atoms with E-state index in [-0.39, 0.29) is 18.4 Å². The summed E-state index contributed by atoms with van der Waals surface area (Å²) in [7, 11) is 0. The summed E-state index contributed by atoms with van der Waals surface area (Å²) in [6, 6.07) is -0.443. The van der Waals surface area contributed by atoms with Gasteiger partial charge in [0.2, 0.25) is 5.91 Å². The maximum atomic E-state index is 12.1. The summed E-state index contributed by atoms with van der Waals surface area (Å²) in [5, 5.41) is 8.60. The quantitative estimate of drug-likeness (QED) is 0.690. The van der Waals surface area contributed by atoms with Crippen LogP contribution in [0.15, 0.2) is 0 Å². The van der Waals surface area contributed by atoms with Crippen LogP contribution in [0.5, 0.6) is 0 Å². The van der Waals surface area contributed by atoms with Gasteiger partial charge in [-0.3, -0.25) is 9.59 Å². The first kappa shape index (κ1) is 16.9. The number of aliphatic carboxylic acids is 1. The minimum Gasteiger partial charge on any atom is -0.481 e. The van der Waals surface area contributed by atoms with Crippen LogP contribution in [0.3, 0.4) is 0 Å². The van der Waals surface area contributed by atoms with Crippen molar-refractivity contribution in [2.24, 2.45) is 11.7 Å². The fraction of sp³-hybridized carbons (Fsp3) is 0.846. The average molecular weight is 258 g/mol. The van der Waals surface area contributed by atoms with Gasteiger partial charge in [0.1, 0.15) is 0 Å². The first-order valence-corrected chi connectivity index (χ1v) is 6.53. The van der Waals surface area contributed by atoms with Crippen molar-refractivity contribution in [3.05, 3.63) is 0 Å². The second-order valence-corrected chi connectivity index (χ2v) is 5.36. The maximum absolute atomic E-state index is 12.1. The molecule has 0 aromatic heterocycles. The van der Waals surface area contributed by atoms with E-state index < -0.39 is 12.0 Å². The number of nitrogens with zero attached hydrogens (tertiary/aromatic N) is 1. The van der Waals surface area contributed by atoms with Crippen molar-refractivity contribution in [2.75, 3.05) is 6.54 Å². The molecule has 0 saturated carbocycles. The van der Waals surface area contributed by atoms with E-state index in [9.17, 15) is 9.59 Å². The number of carbonyl (C=O) groups is 2. The molecule has 0 bridgehead atoms. The highest BCUT2D eigenvalue weighted by atomic mass is 16.4. The molecule has 0 aliphatic carbocycles. The Bertz CT molecular complexity index is 277. The molecule has 5 heteroatoms. The van der Waals surface area contributed by atoms with Crippen LogP contribution in [0.25, 0.3) is 0 Å². The van der Waals surface area contributed by atoms with Gasteiger partial charge in [-0.1, -0.05) is 13.8 Å². The Morgan fingerprint density at radius 1 is 1.22 bits per heavy atom. The van der Waals surface area contributed by atoms with E-state index >= 15 is 0 Å². The Hall–Kier alpha value is -1.10. The molecule has 1 atom stereocenters. The average Bonchev–Trinajstić information content (AvgIpc) is 2.21. The van der Waals surface area contributed by atoms with Gasteiger partial charge in [0.25, 0.3) is 0 Å². The van der Waals surface area contributed by atoms with Crippen molar-refractivity contribution in [1.29, 1.82) is 0 Å². The van der Waals surface area contributed by atoms with Gasteiger partial charge < -0.3 is 15.7 Å². The highest BCUT2D eigenvalue weighted by molar-refractivity contribution is 5.82. The van der Waals surface area contributed by atoms with Crippen molar-refractivity contribution in [3.63, 3.8) is 0 Å². The van der Waals surface area contributed by atoms with Crippen molar-refractivity contribution in [2.45, 2.75) is 59.0 Å². The molecule has 0 aromatic carbocycles. The van der Waals surface area contributed by atoms with Crippen LogP contribution in [0.4, 0.5) is 0 Å². The Balaban J connectivity index is 4.39. The summed E-state index contributed by atoms with van der Waals surface area (Å²) in [5.41, 5.74) is 5.88. The van der Waals surface area contributed by atoms with Crippen LogP contribution in [0.1, 0.15) is 47.0 Å². The zero-order valence-corrected chi connectivity index (χ0v) is 11.8. The zero-order chi connectivity index (χ0) is 14.3. The third-order valence-electron chi connectivity index (χ3n) is 2.74. The topological polar surface area (TPSA) is 83.6 Å². The van der Waals surface area contributed by atoms with E-state index in [1.54, 1.807) is 4.90 Å². The number of hydrogen-bond acceptors (Lipinski definition) is 3. The summed E-state index contributed by atoms with van der Waals surface area (Å²) in [4.78, 5) is 24.3. The van der Waals surface area contributed by atoms with Crippen LogP contribution in [-0.4, -0.2) is 40.5 Å². The van der Waals surface area contributed by atoms with E-state index in [0.717, 1.165) is 0 Å². The molecular weight excluding hydrogens is 232 g/mol. The molecule has 0 heterocycles. The molecule has 0 radical (unpaired) electrons. The van der Waals surface area contributed by atoms with Gasteiger partial charge in [-0.05, 0) is 32.6 Å². The largest absolute Gasteiger partial charge is 0.481 e. The molecule has 3 N–H and O–H groups in total.